The fraction of sp³-hybridized carbons (Fsp3) is 0.400. The minimum atomic E-state index is -3.06. The molecule has 1 fully saturated rings. The van der Waals surface area contributed by atoms with Gasteiger partial charge in [0.2, 0.25) is 0 Å². The van der Waals surface area contributed by atoms with Gasteiger partial charge in [0.05, 0.1) is 17.0 Å². The maximum Gasteiger partial charge on any atom is 0.257 e. The van der Waals surface area contributed by atoms with Crippen molar-refractivity contribution >= 4 is 15.7 Å². The van der Waals surface area contributed by atoms with E-state index in [0.717, 1.165) is 5.56 Å². The Morgan fingerprint density at radius 2 is 2.00 bits per heavy atom. The topological polar surface area (TPSA) is 102 Å². The highest BCUT2D eigenvalue weighted by atomic mass is 32.2. The summed E-state index contributed by atoms with van der Waals surface area (Å²) in [6, 6.07) is 6.74. The van der Waals surface area contributed by atoms with Crippen molar-refractivity contribution in [2.45, 2.75) is 25.8 Å². The predicted molar refractivity (Wildman–Crippen MR) is 83.6 cm³/mol. The molecule has 1 aliphatic rings. The first-order valence-electron chi connectivity index (χ1n) is 7.20. The van der Waals surface area contributed by atoms with Crippen LogP contribution in [-0.2, 0) is 9.84 Å². The molecule has 1 saturated heterocycles. The Bertz CT molecular complexity index is 842. The van der Waals surface area contributed by atoms with Gasteiger partial charge in [-0.05, 0) is 44.5 Å². The molecule has 1 aliphatic heterocycles. The molecule has 1 N–H and O–H groups in total. The Kier molecular flexibility index (Phi) is 3.71. The number of carbonyl (C=O) groups excluding carboxylic acids is 1. The van der Waals surface area contributed by atoms with Crippen LogP contribution in [0.15, 0.2) is 28.8 Å². The maximum absolute atomic E-state index is 12.3. The van der Waals surface area contributed by atoms with Crippen LogP contribution >= 0.6 is 0 Å². The molecule has 122 valence electrons. The molecule has 3 rings (SSSR count). The fourth-order valence-corrected chi connectivity index (χ4v) is 4.73. The molecule has 0 unspecified atom stereocenters. The summed E-state index contributed by atoms with van der Waals surface area (Å²) in [5.74, 6) is 0.725. The van der Waals surface area contributed by atoms with Crippen LogP contribution in [0, 0.1) is 6.92 Å². The lowest BCUT2D eigenvalue weighted by atomic mass is 10.0. The van der Waals surface area contributed by atoms with Crippen LogP contribution in [0.1, 0.15) is 29.5 Å². The summed E-state index contributed by atoms with van der Waals surface area (Å²) < 4.78 is 28.3. The second-order valence-electron chi connectivity index (χ2n) is 6.08. The lowest BCUT2D eigenvalue weighted by Gasteiger charge is -2.23. The minimum absolute atomic E-state index is 0.0227. The third-order valence-electron chi connectivity index (χ3n) is 3.84. The van der Waals surface area contributed by atoms with Gasteiger partial charge < -0.3 is 9.84 Å². The molecule has 2 heterocycles. The maximum atomic E-state index is 12.3. The number of benzene rings is 1. The van der Waals surface area contributed by atoms with E-state index in [1.54, 1.807) is 38.1 Å². The van der Waals surface area contributed by atoms with Gasteiger partial charge >= 0.3 is 0 Å². The lowest BCUT2D eigenvalue weighted by molar-refractivity contribution is 0.0915. The van der Waals surface area contributed by atoms with Crippen molar-refractivity contribution in [2.75, 3.05) is 11.5 Å². The van der Waals surface area contributed by atoms with Crippen molar-refractivity contribution in [2.24, 2.45) is 0 Å². The van der Waals surface area contributed by atoms with Gasteiger partial charge in [-0.1, -0.05) is 5.16 Å². The van der Waals surface area contributed by atoms with E-state index in [2.05, 4.69) is 15.5 Å². The normalized spacial score (nSPS) is 22.9. The van der Waals surface area contributed by atoms with Gasteiger partial charge in [0.25, 0.3) is 11.8 Å². The van der Waals surface area contributed by atoms with Gasteiger partial charge in [0, 0.05) is 11.1 Å². The molecule has 1 atom stereocenters. The van der Waals surface area contributed by atoms with Crippen molar-refractivity contribution in [3.8, 4) is 11.5 Å². The Morgan fingerprint density at radius 1 is 1.30 bits per heavy atom. The molecule has 8 heteroatoms. The summed E-state index contributed by atoms with van der Waals surface area (Å²) in [7, 11) is -3.06. The van der Waals surface area contributed by atoms with Crippen LogP contribution in [0.4, 0.5) is 0 Å². The first kappa shape index (κ1) is 15.7. The molecule has 2 aromatic rings. The van der Waals surface area contributed by atoms with E-state index >= 15 is 0 Å². The summed E-state index contributed by atoms with van der Waals surface area (Å²) >= 11 is 0. The van der Waals surface area contributed by atoms with Gasteiger partial charge in [-0.25, -0.2) is 8.42 Å². The first-order chi connectivity index (χ1) is 10.8. The van der Waals surface area contributed by atoms with Crippen molar-refractivity contribution < 1.29 is 17.7 Å². The van der Waals surface area contributed by atoms with Crippen LogP contribution in [0.3, 0.4) is 0 Å². The third-order valence-corrected chi connectivity index (χ3v) is 5.74. The van der Waals surface area contributed by atoms with E-state index in [0.29, 0.717) is 23.7 Å². The van der Waals surface area contributed by atoms with Crippen LogP contribution in [0.5, 0.6) is 0 Å². The average molecular weight is 335 g/mol. The molecule has 0 spiro atoms. The lowest BCUT2D eigenvalue weighted by Crippen LogP contribution is -2.46. The van der Waals surface area contributed by atoms with E-state index in [1.165, 1.54) is 0 Å². The Morgan fingerprint density at radius 3 is 2.52 bits per heavy atom. The summed E-state index contributed by atoms with van der Waals surface area (Å²) in [4.78, 5) is 16.4. The molecular weight excluding hydrogens is 318 g/mol. The molecule has 1 aromatic carbocycles. The molecule has 0 saturated carbocycles. The molecule has 1 aromatic heterocycles. The SMILES string of the molecule is Cc1noc(-c2ccc(C(=O)N[C@]3(C)CCS(=O)(=O)C3)cc2)n1. The Labute approximate surface area is 134 Å². The predicted octanol–water partition coefficient (Wildman–Crippen LogP) is 1.35. The zero-order valence-corrected chi connectivity index (χ0v) is 13.7. The standard InChI is InChI=1S/C15H17N3O4S/c1-10-16-14(22-18-10)12-5-3-11(4-6-12)13(19)17-15(2)7-8-23(20,21)9-15/h3-6H,7-9H2,1-2H3,(H,17,19)/t15-/m1/s1. The molecule has 0 aliphatic carbocycles. The van der Waals surface area contributed by atoms with Crippen molar-refractivity contribution in [1.29, 1.82) is 0 Å². The number of hydrogen-bond acceptors (Lipinski definition) is 6. The number of sulfone groups is 1. The minimum Gasteiger partial charge on any atom is -0.346 e. The van der Waals surface area contributed by atoms with Crippen molar-refractivity contribution in [3.63, 3.8) is 0 Å². The molecule has 1 amide bonds. The zero-order valence-electron chi connectivity index (χ0n) is 12.9. The van der Waals surface area contributed by atoms with E-state index in [4.69, 9.17) is 4.52 Å². The number of amides is 1. The quantitative estimate of drug-likeness (QED) is 0.908. The van der Waals surface area contributed by atoms with Crippen LogP contribution in [-0.4, -0.2) is 41.5 Å². The van der Waals surface area contributed by atoms with Crippen LogP contribution < -0.4 is 5.32 Å². The third kappa shape index (κ3) is 3.42. The number of aromatic nitrogens is 2. The highest BCUT2D eigenvalue weighted by Crippen LogP contribution is 2.24. The molecule has 0 radical (unpaired) electrons. The molecule has 7 nitrogen and oxygen atoms in total. The Balaban J connectivity index is 1.73. The largest absolute Gasteiger partial charge is 0.346 e. The van der Waals surface area contributed by atoms with E-state index < -0.39 is 15.4 Å². The smallest absolute Gasteiger partial charge is 0.257 e. The fourth-order valence-electron chi connectivity index (χ4n) is 2.63. The van der Waals surface area contributed by atoms with Crippen LogP contribution in [0.25, 0.3) is 11.5 Å². The number of nitrogens with one attached hydrogen (secondary N) is 1. The number of nitrogens with zero attached hydrogens (tertiary/aromatic N) is 2. The van der Waals surface area contributed by atoms with Gasteiger partial charge in [-0.15, -0.1) is 0 Å². The second-order valence-corrected chi connectivity index (χ2v) is 8.26. The number of rotatable bonds is 3. The van der Waals surface area contributed by atoms with Gasteiger partial charge in [-0.2, -0.15) is 4.98 Å². The van der Waals surface area contributed by atoms with Crippen LogP contribution in [0.2, 0.25) is 0 Å². The van der Waals surface area contributed by atoms with Gasteiger partial charge in [0.1, 0.15) is 0 Å². The summed E-state index contributed by atoms with van der Waals surface area (Å²) in [6.07, 6.45) is 0.431. The number of carbonyl (C=O) groups is 1. The highest BCUT2D eigenvalue weighted by molar-refractivity contribution is 7.91. The van der Waals surface area contributed by atoms with Crippen molar-refractivity contribution in [3.05, 3.63) is 35.7 Å². The molecule has 0 bridgehead atoms. The first-order valence-corrected chi connectivity index (χ1v) is 9.02. The highest BCUT2D eigenvalue weighted by Gasteiger charge is 2.39. The van der Waals surface area contributed by atoms with E-state index in [1.807, 2.05) is 0 Å². The second kappa shape index (κ2) is 5.45. The van der Waals surface area contributed by atoms with Gasteiger partial charge in [0.15, 0.2) is 15.7 Å². The summed E-state index contributed by atoms with van der Waals surface area (Å²) in [5, 5.41) is 6.54. The number of aryl methyl sites for hydroxylation is 1. The van der Waals surface area contributed by atoms with E-state index in [9.17, 15) is 13.2 Å². The monoisotopic (exact) mass is 335 g/mol. The van der Waals surface area contributed by atoms with E-state index in [-0.39, 0.29) is 17.4 Å². The zero-order chi connectivity index (χ0) is 16.7. The molecular formula is C15H17N3O4S. The Hall–Kier alpha value is -2.22. The summed E-state index contributed by atoms with van der Waals surface area (Å²) in [5.41, 5.74) is 0.463. The van der Waals surface area contributed by atoms with Gasteiger partial charge in [-0.3, -0.25) is 4.79 Å². The summed E-state index contributed by atoms with van der Waals surface area (Å²) in [6.45, 7) is 3.48. The van der Waals surface area contributed by atoms with Crippen molar-refractivity contribution in [1.82, 2.24) is 15.5 Å². The molecule has 23 heavy (non-hydrogen) atoms. The number of hydrogen-bond donors (Lipinski definition) is 1. The average Bonchev–Trinajstić information content (AvgIpc) is 3.02.